The third-order valence-corrected chi connectivity index (χ3v) is 4.48. The average molecular weight is 471 g/mol. The van der Waals surface area contributed by atoms with Gasteiger partial charge in [0, 0.05) is 18.8 Å². The number of hydrogen-bond donors (Lipinski definition) is 1. The highest BCUT2D eigenvalue weighted by molar-refractivity contribution is 6.36. The summed E-state index contributed by atoms with van der Waals surface area (Å²) in [5.74, 6) is -1.64. The van der Waals surface area contributed by atoms with Crippen LogP contribution < -0.4 is 10.1 Å². The first-order chi connectivity index (χ1) is 14.5. The van der Waals surface area contributed by atoms with Crippen LogP contribution in [0.25, 0.3) is 11.3 Å². The normalized spacial score (nSPS) is 12.7. The number of aryl methyl sites for hydroxylation is 1. The molecule has 0 radical (unpaired) electrons. The quantitative estimate of drug-likeness (QED) is 0.403. The summed E-state index contributed by atoms with van der Waals surface area (Å²) in [6.07, 6.45) is -3.86. The minimum Gasteiger partial charge on any atom is -0.461 e. The highest BCUT2D eigenvalue weighted by Gasteiger charge is 2.38. The van der Waals surface area contributed by atoms with Crippen LogP contribution in [0.4, 0.5) is 27.8 Å². The van der Waals surface area contributed by atoms with Crippen LogP contribution >= 0.6 is 11.6 Å². The Morgan fingerprint density at radius 2 is 1.97 bits per heavy atom. The summed E-state index contributed by atoms with van der Waals surface area (Å²) in [6, 6.07) is -1.03. The molecule has 0 saturated heterocycles. The number of aromatic nitrogens is 3. The smallest absolute Gasteiger partial charge is 0.408 e. The maximum atomic E-state index is 13.0. The van der Waals surface area contributed by atoms with Crippen LogP contribution in [0.1, 0.15) is 37.7 Å². The average Bonchev–Trinajstić information content (AvgIpc) is 3.01. The number of carbonyl (C=O) groups excluding carboxylic acids is 1. The van der Waals surface area contributed by atoms with E-state index in [4.69, 9.17) is 16.3 Å². The number of carbonyl (C=O) groups is 1. The molecule has 31 heavy (non-hydrogen) atoms. The number of ether oxygens (including phenoxy) is 2. The molecule has 2 heterocycles. The molecule has 7 nitrogen and oxygen atoms in total. The topological polar surface area (TPSA) is 78.3 Å². The van der Waals surface area contributed by atoms with E-state index in [9.17, 15) is 26.7 Å². The second kappa shape index (κ2) is 10.1. The molecule has 172 valence electrons. The summed E-state index contributed by atoms with van der Waals surface area (Å²) in [5.41, 5.74) is -0.292. The van der Waals surface area contributed by atoms with Gasteiger partial charge in [0.15, 0.2) is 5.69 Å². The van der Waals surface area contributed by atoms with Crippen LogP contribution in [0.2, 0.25) is 5.02 Å². The van der Waals surface area contributed by atoms with Crippen molar-refractivity contribution in [1.82, 2.24) is 14.8 Å². The van der Waals surface area contributed by atoms with Crippen LogP contribution in [0.15, 0.2) is 12.3 Å². The van der Waals surface area contributed by atoms with Crippen molar-refractivity contribution in [2.24, 2.45) is 0 Å². The summed E-state index contributed by atoms with van der Waals surface area (Å²) in [7, 11) is 0. The van der Waals surface area contributed by atoms with Gasteiger partial charge in [-0.1, -0.05) is 18.5 Å². The predicted molar refractivity (Wildman–Crippen MR) is 102 cm³/mol. The van der Waals surface area contributed by atoms with E-state index in [1.54, 1.807) is 13.8 Å². The van der Waals surface area contributed by atoms with Gasteiger partial charge >= 0.3 is 18.8 Å². The van der Waals surface area contributed by atoms with Gasteiger partial charge in [-0.2, -0.15) is 27.1 Å². The fraction of sp³-hybridized carbons (Fsp3) is 0.500. The molecular formula is C18H20ClF5N4O3. The standard InChI is InChI=1S/C18H20ClF5N4O3/c1-4-11(18(22,23)24)26-12-7-10(31-17(20)21)9(8-25-12)15-13(19)14(16(29)30-6-3)27-28(15)5-2/h7-8,11,17H,4-6H2,1-3H3,(H,25,26)/t11-/m1/s1. The van der Waals surface area contributed by atoms with Crippen molar-refractivity contribution in [1.29, 1.82) is 0 Å². The van der Waals surface area contributed by atoms with E-state index >= 15 is 0 Å². The second-order valence-corrected chi connectivity index (χ2v) is 6.52. The molecule has 0 spiro atoms. The van der Waals surface area contributed by atoms with Crippen molar-refractivity contribution < 1.29 is 36.2 Å². The van der Waals surface area contributed by atoms with Crippen molar-refractivity contribution >= 4 is 23.4 Å². The van der Waals surface area contributed by atoms with Gasteiger partial charge in [-0.05, 0) is 20.3 Å². The van der Waals surface area contributed by atoms with Crippen LogP contribution in [0.3, 0.4) is 0 Å². The van der Waals surface area contributed by atoms with Gasteiger partial charge in [0.2, 0.25) is 0 Å². The van der Waals surface area contributed by atoms with E-state index in [1.165, 1.54) is 11.6 Å². The zero-order valence-corrected chi connectivity index (χ0v) is 17.5. The molecule has 0 bridgehead atoms. The number of rotatable bonds is 9. The molecule has 2 rings (SSSR count). The molecule has 1 atom stereocenters. The van der Waals surface area contributed by atoms with Crippen LogP contribution in [0, 0.1) is 0 Å². The van der Waals surface area contributed by atoms with Crippen molar-refractivity contribution in [2.45, 2.75) is 52.6 Å². The molecule has 2 aromatic heterocycles. The molecule has 0 saturated carbocycles. The lowest BCUT2D eigenvalue weighted by Gasteiger charge is -2.21. The summed E-state index contributed by atoms with van der Waals surface area (Å²) in [4.78, 5) is 16.0. The Labute approximate surface area is 179 Å². The third kappa shape index (κ3) is 5.75. The zero-order chi connectivity index (χ0) is 23.3. The zero-order valence-electron chi connectivity index (χ0n) is 16.8. The van der Waals surface area contributed by atoms with Gasteiger partial charge in [0.05, 0.1) is 17.9 Å². The number of alkyl halides is 5. The van der Waals surface area contributed by atoms with Crippen LogP contribution in [-0.4, -0.2) is 46.2 Å². The fourth-order valence-corrected chi connectivity index (χ4v) is 3.05. The number of anilines is 1. The van der Waals surface area contributed by atoms with E-state index in [1.807, 2.05) is 0 Å². The summed E-state index contributed by atoms with van der Waals surface area (Å²) in [5, 5.41) is 6.00. The molecule has 0 aliphatic carbocycles. The predicted octanol–water partition coefficient (Wildman–Crippen LogP) is 5.15. The van der Waals surface area contributed by atoms with E-state index in [0.29, 0.717) is 0 Å². The van der Waals surface area contributed by atoms with Gasteiger partial charge in [0.1, 0.15) is 22.6 Å². The molecule has 0 fully saturated rings. The highest BCUT2D eigenvalue weighted by atomic mass is 35.5. The lowest BCUT2D eigenvalue weighted by molar-refractivity contribution is -0.142. The lowest BCUT2D eigenvalue weighted by Crippen LogP contribution is -2.35. The Bertz CT molecular complexity index is 920. The molecule has 0 aromatic carbocycles. The number of nitrogens with zero attached hydrogens (tertiary/aromatic N) is 3. The molecular weight excluding hydrogens is 451 g/mol. The van der Waals surface area contributed by atoms with E-state index in [2.05, 4.69) is 20.1 Å². The first-order valence-corrected chi connectivity index (χ1v) is 9.63. The first-order valence-electron chi connectivity index (χ1n) is 9.25. The second-order valence-electron chi connectivity index (χ2n) is 6.14. The lowest BCUT2D eigenvalue weighted by atomic mass is 10.1. The van der Waals surface area contributed by atoms with E-state index in [-0.39, 0.29) is 47.4 Å². The van der Waals surface area contributed by atoms with Crippen LogP contribution in [-0.2, 0) is 11.3 Å². The third-order valence-electron chi connectivity index (χ3n) is 4.13. The van der Waals surface area contributed by atoms with Gasteiger partial charge in [-0.25, -0.2) is 9.78 Å². The van der Waals surface area contributed by atoms with E-state index in [0.717, 1.165) is 12.3 Å². The van der Waals surface area contributed by atoms with Crippen LogP contribution in [0.5, 0.6) is 5.75 Å². The van der Waals surface area contributed by atoms with Crippen molar-refractivity contribution in [3.05, 3.63) is 23.0 Å². The molecule has 0 aliphatic rings. The number of esters is 1. The Kier molecular flexibility index (Phi) is 8.04. The van der Waals surface area contributed by atoms with Gasteiger partial charge in [-0.3, -0.25) is 4.68 Å². The molecule has 2 aromatic rings. The molecule has 13 heteroatoms. The maximum Gasteiger partial charge on any atom is 0.408 e. The Morgan fingerprint density at radius 3 is 2.48 bits per heavy atom. The van der Waals surface area contributed by atoms with Crippen molar-refractivity contribution in [3.8, 4) is 17.0 Å². The van der Waals surface area contributed by atoms with Crippen molar-refractivity contribution in [3.63, 3.8) is 0 Å². The minimum absolute atomic E-state index is 0.0322. The Hall–Kier alpha value is -2.63. The van der Waals surface area contributed by atoms with Gasteiger partial charge in [-0.15, -0.1) is 0 Å². The largest absolute Gasteiger partial charge is 0.461 e. The number of halogens is 6. The van der Waals surface area contributed by atoms with Gasteiger partial charge in [0.25, 0.3) is 0 Å². The highest BCUT2D eigenvalue weighted by Crippen LogP contribution is 2.39. The fourth-order valence-electron chi connectivity index (χ4n) is 2.74. The summed E-state index contributed by atoms with van der Waals surface area (Å²) < 4.78 is 75.8. The summed E-state index contributed by atoms with van der Waals surface area (Å²) >= 11 is 6.27. The molecule has 0 amide bonds. The summed E-state index contributed by atoms with van der Waals surface area (Å²) in [6.45, 7) is 1.52. The number of pyridine rings is 1. The van der Waals surface area contributed by atoms with Crippen molar-refractivity contribution in [2.75, 3.05) is 11.9 Å². The first kappa shape index (κ1) is 24.6. The Morgan fingerprint density at radius 1 is 1.29 bits per heavy atom. The maximum absolute atomic E-state index is 13.0. The molecule has 1 N–H and O–H groups in total. The SMILES string of the molecule is CCOC(=O)c1nn(CC)c(-c2cnc(N[C@H](CC)C(F)(F)F)cc2OC(F)F)c1Cl. The number of hydrogen-bond acceptors (Lipinski definition) is 6. The molecule has 0 aliphatic heterocycles. The minimum atomic E-state index is -4.57. The van der Waals surface area contributed by atoms with E-state index < -0.39 is 30.5 Å². The number of nitrogens with one attached hydrogen (secondary N) is 1. The monoisotopic (exact) mass is 470 g/mol. The Balaban J connectivity index is 2.57. The van der Waals surface area contributed by atoms with Gasteiger partial charge < -0.3 is 14.8 Å². The molecule has 0 unspecified atom stereocenters.